The van der Waals surface area contributed by atoms with Crippen molar-refractivity contribution in [1.29, 1.82) is 0 Å². The lowest BCUT2D eigenvalue weighted by molar-refractivity contribution is -0.0502. The molecule has 1 aromatic carbocycles. The van der Waals surface area contributed by atoms with Crippen LogP contribution in [-0.4, -0.2) is 52.8 Å². The van der Waals surface area contributed by atoms with Gasteiger partial charge in [-0.1, -0.05) is 43.7 Å². The van der Waals surface area contributed by atoms with Gasteiger partial charge in [0.1, 0.15) is 5.69 Å². The fourth-order valence-electron chi connectivity index (χ4n) is 3.98. The number of fused-ring (bicyclic) bond motifs is 1. The number of aromatic nitrogens is 2. The van der Waals surface area contributed by atoms with Crippen molar-refractivity contribution in [2.45, 2.75) is 44.4 Å². The van der Waals surface area contributed by atoms with Crippen molar-refractivity contribution >= 4 is 5.91 Å². The average molecular weight is 354 g/mol. The summed E-state index contributed by atoms with van der Waals surface area (Å²) < 4.78 is 6.07. The normalized spacial score (nSPS) is 25.8. The van der Waals surface area contributed by atoms with E-state index in [0.717, 1.165) is 44.7 Å². The van der Waals surface area contributed by atoms with Gasteiger partial charge in [0, 0.05) is 30.9 Å². The topological polar surface area (TPSA) is 70.2 Å². The van der Waals surface area contributed by atoms with Crippen molar-refractivity contribution in [3.05, 3.63) is 53.3 Å². The van der Waals surface area contributed by atoms with Crippen molar-refractivity contribution in [2.75, 3.05) is 19.7 Å². The van der Waals surface area contributed by atoms with E-state index in [2.05, 4.69) is 51.6 Å². The van der Waals surface area contributed by atoms with E-state index in [1.807, 2.05) is 12.1 Å². The highest BCUT2D eigenvalue weighted by atomic mass is 16.5. The van der Waals surface area contributed by atoms with Gasteiger partial charge >= 0.3 is 0 Å². The van der Waals surface area contributed by atoms with Gasteiger partial charge in [0.25, 0.3) is 5.91 Å². The Morgan fingerprint density at radius 1 is 1.35 bits per heavy atom. The molecule has 0 bridgehead atoms. The lowest BCUT2D eigenvalue weighted by Crippen LogP contribution is -2.43. The minimum atomic E-state index is -0.0889. The number of hydrogen-bond acceptors (Lipinski definition) is 4. The molecular formula is C20H26N4O2. The van der Waals surface area contributed by atoms with Gasteiger partial charge in [-0.3, -0.25) is 14.8 Å². The molecule has 0 spiro atoms. The zero-order valence-electron chi connectivity index (χ0n) is 15.1. The van der Waals surface area contributed by atoms with Crippen LogP contribution in [0.15, 0.2) is 36.4 Å². The van der Waals surface area contributed by atoms with Crippen molar-refractivity contribution in [1.82, 2.24) is 20.4 Å². The quantitative estimate of drug-likeness (QED) is 0.864. The molecule has 0 saturated carbocycles. The van der Waals surface area contributed by atoms with Crippen LogP contribution in [0.1, 0.15) is 47.6 Å². The van der Waals surface area contributed by atoms with Gasteiger partial charge in [-0.25, -0.2) is 0 Å². The number of hydrogen-bond donors (Lipinski definition) is 2. The van der Waals surface area contributed by atoms with Crippen LogP contribution >= 0.6 is 0 Å². The summed E-state index contributed by atoms with van der Waals surface area (Å²) in [5.74, 6) is -0.0889. The molecule has 1 amide bonds. The maximum Gasteiger partial charge on any atom is 0.272 e. The summed E-state index contributed by atoms with van der Waals surface area (Å²) in [5, 5.41) is 10.2. The third-order valence-corrected chi connectivity index (χ3v) is 5.31. The van der Waals surface area contributed by atoms with Gasteiger partial charge in [0.05, 0.1) is 12.7 Å². The summed E-state index contributed by atoms with van der Waals surface area (Å²) >= 11 is 0. The van der Waals surface area contributed by atoms with E-state index in [1.165, 1.54) is 5.56 Å². The molecule has 3 heterocycles. The van der Waals surface area contributed by atoms with Gasteiger partial charge in [0.15, 0.2) is 0 Å². The third kappa shape index (κ3) is 3.66. The number of carbonyl (C=O) groups excluding carboxylic acids is 1. The van der Waals surface area contributed by atoms with Gasteiger partial charge in [0.2, 0.25) is 0 Å². The second kappa shape index (κ2) is 7.60. The molecule has 0 aliphatic carbocycles. The molecule has 1 aromatic heterocycles. The number of aromatic amines is 1. The molecule has 0 radical (unpaired) electrons. The Morgan fingerprint density at radius 3 is 3.00 bits per heavy atom. The lowest BCUT2D eigenvalue weighted by Gasteiger charge is -2.35. The maximum atomic E-state index is 12.5. The molecule has 3 atom stereocenters. The van der Waals surface area contributed by atoms with E-state index in [1.54, 1.807) is 0 Å². The van der Waals surface area contributed by atoms with E-state index in [4.69, 9.17) is 4.74 Å². The van der Waals surface area contributed by atoms with Gasteiger partial charge in [-0.15, -0.1) is 0 Å². The number of ether oxygens (including phenoxy) is 1. The van der Waals surface area contributed by atoms with E-state index >= 15 is 0 Å². The number of benzene rings is 1. The number of rotatable bonds is 5. The molecular weight excluding hydrogens is 328 g/mol. The van der Waals surface area contributed by atoms with Crippen LogP contribution in [0.3, 0.4) is 0 Å². The highest BCUT2D eigenvalue weighted by molar-refractivity contribution is 5.92. The van der Waals surface area contributed by atoms with Crippen LogP contribution in [0.25, 0.3) is 0 Å². The summed E-state index contributed by atoms with van der Waals surface area (Å²) in [4.78, 5) is 14.9. The summed E-state index contributed by atoms with van der Waals surface area (Å²) in [6.45, 7) is 4.58. The molecule has 2 fully saturated rings. The second-order valence-corrected chi connectivity index (χ2v) is 7.27. The number of nitrogens with zero attached hydrogens (tertiary/aromatic N) is 2. The van der Waals surface area contributed by atoms with Crippen molar-refractivity contribution in [2.24, 2.45) is 0 Å². The van der Waals surface area contributed by atoms with Crippen molar-refractivity contribution in [3.63, 3.8) is 0 Å². The second-order valence-electron chi connectivity index (χ2n) is 7.27. The minimum Gasteiger partial charge on any atom is -0.371 e. The molecule has 6 heteroatoms. The van der Waals surface area contributed by atoms with Crippen LogP contribution in [0.2, 0.25) is 0 Å². The Morgan fingerprint density at radius 2 is 2.19 bits per heavy atom. The summed E-state index contributed by atoms with van der Waals surface area (Å²) in [7, 11) is 0. The van der Waals surface area contributed by atoms with Crippen LogP contribution in [0.4, 0.5) is 0 Å². The van der Waals surface area contributed by atoms with Crippen molar-refractivity contribution in [3.8, 4) is 0 Å². The number of amides is 1. The van der Waals surface area contributed by atoms with Crippen LogP contribution in [0, 0.1) is 0 Å². The zero-order valence-corrected chi connectivity index (χ0v) is 15.1. The average Bonchev–Trinajstić information content (AvgIpc) is 3.28. The molecule has 2 N–H and O–H groups in total. The first-order chi connectivity index (χ1) is 12.7. The number of nitrogens with one attached hydrogen (secondary N) is 2. The minimum absolute atomic E-state index is 0.0889. The largest absolute Gasteiger partial charge is 0.371 e. The first kappa shape index (κ1) is 17.2. The Balaban J connectivity index is 1.34. The molecule has 2 aliphatic heterocycles. The Kier molecular flexibility index (Phi) is 5.04. The highest BCUT2D eigenvalue weighted by Crippen LogP contribution is 2.30. The van der Waals surface area contributed by atoms with E-state index in [9.17, 15) is 4.79 Å². The summed E-state index contributed by atoms with van der Waals surface area (Å²) in [6.07, 6.45) is 2.99. The Bertz CT molecular complexity index is 745. The first-order valence-corrected chi connectivity index (χ1v) is 9.48. The van der Waals surface area contributed by atoms with Crippen molar-refractivity contribution < 1.29 is 9.53 Å². The molecule has 2 saturated heterocycles. The standard InChI is InChI=1S/C20H26N4O2/c1-2-6-15-10-18(23-22-15)20(25)21-16-9-17-13-26-19(12-24(17)11-16)14-7-4-3-5-8-14/h3-5,7-8,10,16-17,19H,2,6,9,11-13H2,1H3,(H,21,25)(H,22,23)/t16-,17+,19-/m1/s1. The van der Waals surface area contributed by atoms with Gasteiger partial charge in [-0.2, -0.15) is 5.10 Å². The highest BCUT2D eigenvalue weighted by Gasteiger charge is 2.38. The number of carbonyl (C=O) groups is 1. The summed E-state index contributed by atoms with van der Waals surface area (Å²) in [5.41, 5.74) is 2.72. The molecule has 26 heavy (non-hydrogen) atoms. The maximum absolute atomic E-state index is 12.5. The number of H-pyrrole nitrogens is 1. The molecule has 4 rings (SSSR count). The monoisotopic (exact) mass is 354 g/mol. The van der Waals surface area contributed by atoms with E-state index in [0.29, 0.717) is 11.7 Å². The predicted octanol–water partition coefficient (Wildman–Crippen LogP) is 2.31. The predicted molar refractivity (Wildman–Crippen MR) is 98.9 cm³/mol. The molecule has 138 valence electrons. The smallest absolute Gasteiger partial charge is 0.272 e. The number of aryl methyl sites for hydroxylation is 1. The number of morpholine rings is 1. The molecule has 2 aromatic rings. The molecule has 0 unspecified atom stereocenters. The van der Waals surface area contributed by atoms with Crippen LogP contribution in [-0.2, 0) is 11.2 Å². The molecule has 6 nitrogen and oxygen atoms in total. The zero-order chi connectivity index (χ0) is 17.9. The van der Waals surface area contributed by atoms with Crippen LogP contribution in [0.5, 0.6) is 0 Å². The third-order valence-electron chi connectivity index (χ3n) is 5.31. The van der Waals surface area contributed by atoms with Crippen LogP contribution < -0.4 is 5.32 Å². The SMILES string of the molecule is CCCc1cc(C(=O)N[C@@H]2C[C@H]3CO[C@@H](c4ccccc4)CN3C2)n[nH]1. The van der Waals surface area contributed by atoms with E-state index < -0.39 is 0 Å². The fraction of sp³-hybridized carbons (Fsp3) is 0.500. The van der Waals surface area contributed by atoms with Gasteiger partial charge < -0.3 is 10.1 Å². The molecule has 2 aliphatic rings. The first-order valence-electron chi connectivity index (χ1n) is 9.48. The van der Waals surface area contributed by atoms with E-state index in [-0.39, 0.29) is 18.1 Å². The van der Waals surface area contributed by atoms with Gasteiger partial charge in [-0.05, 0) is 24.5 Å². The fourth-order valence-corrected chi connectivity index (χ4v) is 3.98. The summed E-state index contributed by atoms with van der Waals surface area (Å²) in [6, 6.07) is 12.8. The Hall–Kier alpha value is -2.18. The lowest BCUT2D eigenvalue weighted by atomic mass is 10.1. The Labute approximate surface area is 153 Å².